The number of nitrogens with one attached hydrogen (secondary N) is 2. The zero-order valence-electron chi connectivity index (χ0n) is 10.2. The fourth-order valence-corrected chi connectivity index (χ4v) is 1.67. The summed E-state index contributed by atoms with van der Waals surface area (Å²) in [6.07, 6.45) is 2.37. The van der Waals surface area contributed by atoms with Crippen LogP contribution in [0.3, 0.4) is 0 Å². The molecule has 7 heteroatoms. The molecule has 0 saturated heterocycles. The van der Waals surface area contributed by atoms with Crippen LogP contribution in [0.25, 0.3) is 0 Å². The summed E-state index contributed by atoms with van der Waals surface area (Å²) in [6.45, 7) is 0.900. The van der Waals surface area contributed by atoms with E-state index in [9.17, 15) is 19.3 Å². The summed E-state index contributed by atoms with van der Waals surface area (Å²) in [5.74, 6) is -0.445. The summed E-state index contributed by atoms with van der Waals surface area (Å²) in [4.78, 5) is 21.4. The van der Waals surface area contributed by atoms with Crippen LogP contribution in [0.5, 0.6) is 0 Å². The van der Waals surface area contributed by atoms with Gasteiger partial charge in [-0.2, -0.15) is 0 Å². The second-order valence-electron chi connectivity index (χ2n) is 4.58. The molecule has 0 atom stereocenters. The van der Waals surface area contributed by atoms with E-state index in [4.69, 9.17) is 0 Å². The lowest BCUT2D eigenvalue weighted by atomic mass is 10.2. The van der Waals surface area contributed by atoms with Crippen molar-refractivity contribution in [2.75, 3.05) is 18.4 Å². The van der Waals surface area contributed by atoms with Crippen LogP contribution in [-0.4, -0.2) is 23.9 Å². The summed E-state index contributed by atoms with van der Waals surface area (Å²) in [7, 11) is 0. The maximum atomic E-state index is 13.1. The Bertz CT molecular complexity index is 503. The normalized spacial score (nSPS) is 14.2. The topological polar surface area (TPSA) is 84.3 Å². The number of nitro benzene ring substituents is 1. The zero-order valence-corrected chi connectivity index (χ0v) is 10.2. The first kappa shape index (κ1) is 13.4. The van der Waals surface area contributed by atoms with Gasteiger partial charge in [-0.05, 0) is 31.4 Å². The Balaban J connectivity index is 1.89. The van der Waals surface area contributed by atoms with Crippen LogP contribution >= 0.6 is 0 Å². The van der Waals surface area contributed by atoms with E-state index in [2.05, 4.69) is 10.6 Å². The van der Waals surface area contributed by atoms with E-state index in [1.165, 1.54) is 12.8 Å². The van der Waals surface area contributed by atoms with Gasteiger partial charge in [0.2, 0.25) is 5.91 Å². The molecule has 0 unspecified atom stereocenters. The Morgan fingerprint density at radius 1 is 1.42 bits per heavy atom. The summed E-state index contributed by atoms with van der Waals surface area (Å²) in [5, 5.41) is 16.0. The Labute approximate surface area is 109 Å². The van der Waals surface area contributed by atoms with Gasteiger partial charge in [0.1, 0.15) is 5.82 Å². The summed E-state index contributed by atoms with van der Waals surface area (Å²) >= 11 is 0. The fraction of sp³-hybridized carbons (Fsp3) is 0.417. The monoisotopic (exact) mass is 267 g/mol. The SMILES string of the molecule is O=C(CNCC1CC1)Nc1cc(F)cc([N+](=O)[O-])c1. The van der Waals surface area contributed by atoms with Crippen molar-refractivity contribution in [1.29, 1.82) is 0 Å². The average Bonchev–Trinajstić information content (AvgIpc) is 3.12. The number of amides is 1. The Morgan fingerprint density at radius 3 is 2.79 bits per heavy atom. The summed E-state index contributed by atoms with van der Waals surface area (Å²) < 4.78 is 13.1. The van der Waals surface area contributed by atoms with E-state index < -0.39 is 10.7 Å². The fourth-order valence-electron chi connectivity index (χ4n) is 1.67. The number of hydrogen-bond acceptors (Lipinski definition) is 4. The lowest BCUT2D eigenvalue weighted by Gasteiger charge is -2.06. The molecule has 1 aromatic carbocycles. The Kier molecular flexibility index (Phi) is 4.06. The van der Waals surface area contributed by atoms with Gasteiger partial charge in [0, 0.05) is 6.07 Å². The number of anilines is 1. The van der Waals surface area contributed by atoms with E-state index in [0.717, 1.165) is 24.7 Å². The number of hydrogen-bond donors (Lipinski definition) is 2. The molecule has 1 aliphatic rings. The van der Waals surface area contributed by atoms with Gasteiger partial charge in [0.05, 0.1) is 23.2 Å². The molecular formula is C12H14FN3O3. The summed E-state index contributed by atoms with van der Waals surface area (Å²) in [6, 6.07) is 2.98. The molecule has 1 aromatic rings. The van der Waals surface area contributed by atoms with Gasteiger partial charge in [0.15, 0.2) is 0 Å². The minimum atomic E-state index is -0.754. The molecule has 0 aromatic heterocycles. The molecule has 0 aliphatic heterocycles. The first-order valence-corrected chi connectivity index (χ1v) is 6.00. The maximum Gasteiger partial charge on any atom is 0.274 e. The molecule has 0 radical (unpaired) electrons. The van der Waals surface area contributed by atoms with Crippen LogP contribution in [0.1, 0.15) is 12.8 Å². The van der Waals surface area contributed by atoms with E-state index in [-0.39, 0.29) is 23.8 Å². The molecule has 2 N–H and O–H groups in total. The first-order chi connectivity index (χ1) is 9.04. The van der Waals surface area contributed by atoms with Gasteiger partial charge in [-0.1, -0.05) is 0 Å². The van der Waals surface area contributed by atoms with E-state index in [1.54, 1.807) is 0 Å². The molecular weight excluding hydrogens is 253 g/mol. The van der Waals surface area contributed by atoms with Crippen LogP contribution in [0.4, 0.5) is 15.8 Å². The molecule has 2 rings (SSSR count). The van der Waals surface area contributed by atoms with Gasteiger partial charge in [-0.25, -0.2) is 4.39 Å². The quantitative estimate of drug-likeness (QED) is 0.606. The molecule has 102 valence electrons. The third kappa shape index (κ3) is 4.29. The predicted octanol–water partition coefficient (Wildman–Crippen LogP) is 1.67. The first-order valence-electron chi connectivity index (χ1n) is 6.00. The average molecular weight is 267 g/mol. The molecule has 1 fully saturated rings. The van der Waals surface area contributed by atoms with Crippen LogP contribution in [-0.2, 0) is 4.79 Å². The van der Waals surface area contributed by atoms with Gasteiger partial charge in [-0.3, -0.25) is 14.9 Å². The van der Waals surface area contributed by atoms with Crippen molar-refractivity contribution in [1.82, 2.24) is 5.32 Å². The standard InChI is InChI=1S/C12H14FN3O3/c13-9-3-10(5-11(4-9)16(18)19)15-12(17)7-14-6-8-1-2-8/h3-5,8,14H,1-2,6-7H2,(H,15,17). The van der Waals surface area contributed by atoms with Crippen molar-refractivity contribution in [3.8, 4) is 0 Å². The van der Waals surface area contributed by atoms with Gasteiger partial charge < -0.3 is 10.6 Å². The number of halogens is 1. The zero-order chi connectivity index (χ0) is 13.8. The van der Waals surface area contributed by atoms with Crippen LogP contribution in [0, 0.1) is 21.8 Å². The second-order valence-corrected chi connectivity index (χ2v) is 4.58. The molecule has 1 aliphatic carbocycles. The van der Waals surface area contributed by atoms with E-state index in [0.29, 0.717) is 5.92 Å². The minimum absolute atomic E-state index is 0.0879. The van der Waals surface area contributed by atoms with Crippen molar-refractivity contribution >= 4 is 17.3 Å². The largest absolute Gasteiger partial charge is 0.325 e. The molecule has 1 saturated carbocycles. The second kappa shape index (κ2) is 5.75. The van der Waals surface area contributed by atoms with Gasteiger partial charge in [-0.15, -0.1) is 0 Å². The third-order valence-corrected chi connectivity index (χ3v) is 2.79. The number of rotatable bonds is 6. The Morgan fingerprint density at radius 2 is 2.16 bits per heavy atom. The van der Waals surface area contributed by atoms with Crippen molar-refractivity contribution in [3.05, 3.63) is 34.1 Å². The highest BCUT2D eigenvalue weighted by atomic mass is 19.1. The van der Waals surface area contributed by atoms with Crippen LogP contribution < -0.4 is 10.6 Å². The molecule has 0 heterocycles. The van der Waals surface area contributed by atoms with Crippen molar-refractivity contribution in [3.63, 3.8) is 0 Å². The number of nitro groups is 1. The number of nitrogens with zero attached hydrogens (tertiary/aromatic N) is 1. The molecule has 0 spiro atoms. The highest BCUT2D eigenvalue weighted by Gasteiger charge is 2.20. The maximum absolute atomic E-state index is 13.1. The summed E-state index contributed by atoms with van der Waals surface area (Å²) in [5.41, 5.74) is -0.300. The lowest BCUT2D eigenvalue weighted by molar-refractivity contribution is -0.385. The van der Waals surface area contributed by atoms with E-state index >= 15 is 0 Å². The van der Waals surface area contributed by atoms with Crippen LogP contribution in [0.2, 0.25) is 0 Å². The highest BCUT2D eigenvalue weighted by Crippen LogP contribution is 2.27. The number of benzene rings is 1. The van der Waals surface area contributed by atoms with Gasteiger partial charge in [0.25, 0.3) is 5.69 Å². The molecule has 6 nitrogen and oxygen atoms in total. The minimum Gasteiger partial charge on any atom is -0.325 e. The van der Waals surface area contributed by atoms with Crippen molar-refractivity contribution in [2.24, 2.45) is 5.92 Å². The van der Waals surface area contributed by atoms with Crippen molar-refractivity contribution in [2.45, 2.75) is 12.8 Å². The Hall–Kier alpha value is -2.02. The predicted molar refractivity (Wildman–Crippen MR) is 67.3 cm³/mol. The molecule has 0 bridgehead atoms. The number of non-ortho nitro benzene ring substituents is 1. The highest BCUT2D eigenvalue weighted by molar-refractivity contribution is 5.92. The van der Waals surface area contributed by atoms with Gasteiger partial charge >= 0.3 is 0 Å². The number of carbonyl (C=O) groups excluding carboxylic acids is 1. The number of carbonyl (C=O) groups is 1. The lowest BCUT2D eigenvalue weighted by Crippen LogP contribution is -2.29. The molecule has 19 heavy (non-hydrogen) atoms. The van der Waals surface area contributed by atoms with Crippen molar-refractivity contribution < 1.29 is 14.1 Å². The molecule has 1 amide bonds. The smallest absolute Gasteiger partial charge is 0.274 e. The third-order valence-electron chi connectivity index (χ3n) is 2.79. The van der Waals surface area contributed by atoms with E-state index in [1.807, 2.05) is 0 Å². The van der Waals surface area contributed by atoms with Crippen LogP contribution in [0.15, 0.2) is 18.2 Å².